The largest absolute Gasteiger partial charge is 0.372 e. The Morgan fingerprint density at radius 3 is 2.18 bits per heavy atom. The number of hydrogen-bond donors (Lipinski definition) is 2. The number of imide groups is 1. The third kappa shape index (κ3) is 2.71. The third-order valence-corrected chi connectivity index (χ3v) is 3.71. The number of urea groups is 1. The topological polar surface area (TPSA) is 69.6 Å². The molecule has 2 aromatic rings. The van der Waals surface area contributed by atoms with Gasteiger partial charge in [0.05, 0.1) is 6.54 Å². The number of nitrogens with zero attached hydrogens (tertiary/aromatic N) is 1. The maximum atomic E-state index is 12.7. The van der Waals surface area contributed by atoms with E-state index in [4.69, 9.17) is 0 Å². The Balaban J connectivity index is 1.88. The van der Waals surface area contributed by atoms with E-state index in [-0.39, 0.29) is 6.54 Å². The number of amides is 3. The van der Waals surface area contributed by atoms with Gasteiger partial charge in [0.25, 0.3) is 0 Å². The minimum Gasteiger partial charge on any atom is -0.372 e. The van der Waals surface area contributed by atoms with Gasteiger partial charge in [-0.25, -0.2) is 4.79 Å². The van der Waals surface area contributed by atoms with Crippen molar-refractivity contribution in [1.29, 1.82) is 0 Å². The highest BCUT2D eigenvalue weighted by Gasteiger charge is 2.41. The SMILES string of the molecule is O=C1NC(O)C(c2ccccc2)C(=O)N1Cc1ccccc1. The van der Waals surface area contributed by atoms with Crippen LogP contribution in [-0.2, 0) is 11.3 Å². The zero-order chi connectivity index (χ0) is 15.5. The fourth-order valence-electron chi connectivity index (χ4n) is 2.59. The minimum absolute atomic E-state index is 0.182. The average molecular weight is 296 g/mol. The lowest BCUT2D eigenvalue weighted by molar-refractivity contribution is -0.136. The van der Waals surface area contributed by atoms with Crippen LogP contribution in [0.1, 0.15) is 17.0 Å². The van der Waals surface area contributed by atoms with Crippen molar-refractivity contribution in [2.24, 2.45) is 0 Å². The number of aliphatic hydroxyl groups is 1. The summed E-state index contributed by atoms with van der Waals surface area (Å²) in [6.07, 6.45) is -1.21. The molecule has 1 saturated heterocycles. The van der Waals surface area contributed by atoms with E-state index in [1.807, 2.05) is 36.4 Å². The normalized spacial score (nSPS) is 21.6. The second-order valence-corrected chi connectivity index (χ2v) is 5.19. The number of benzene rings is 2. The summed E-state index contributed by atoms with van der Waals surface area (Å²) in [7, 11) is 0. The summed E-state index contributed by atoms with van der Waals surface area (Å²) < 4.78 is 0. The average Bonchev–Trinajstić information content (AvgIpc) is 2.53. The van der Waals surface area contributed by atoms with Crippen LogP contribution in [0, 0.1) is 0 Å². The van der Waals surface area contributed by atoms with Crippen LogP contribution in [0.15, 0.2) is 60.7 Å². The van der Waals surface area contributed by atoms with Gasteiger partial charge in [-0.3, -0.25) is 9.69 Å². The number of aliphatic hydroxyl groups excluding tert-OH is 1. The smallest absolute Gasteiger partial charge is 0.326 e. The molecule has 5 heteroatoms. The molecule has 1 aliphatic rings. The van der Waals surface area contributed by atoms with Crippen molar-refractivity contribution in [2.75, 3.05) is 0 Å². The molecule has 22 heavy (non-hydrogen) atoms. The molecule has 0 bridgehead atoms. The van der Waals surface area contributed by atoms with Crippen LogP contribution in [0.5, 0.6) is 0 Å². The predicted octanol–water partition coefficient (Wildman–Crippen LogP) is 1.84. The zero-order valence-corrected chi connectivity index (χ0v) is 11.8. The Morgan fingerprint density at radius 1 is 0.955 bits per heavy atom. The molecule has 112 valence electrons. The monoisotopic (exact) mass is 296 g/mol. The number of nitrogens with one attached hydrogen (secondary N) is 1. The van der Waals surface area contributed by atoms with E-state index in [1.54, 1.807) is 24.3 Å². The number of carbonyl (C=O) groups is 2. The van der Waals surface area contributed by atoms with Gasteiger partial charge < -0.3 is 10.4 Å². The fourth-order valence-corrected chi connectivity index (χ4v) is 2.59. The van der Waals surface area contributed by atoms with Crippen molar-refractivity contribution in [3.05, 3.63) is 71.8 Å². The number of hydrogen-bond acceptors (Lipinski definition) is 3. The standard InChI is InChI=1S/C17H16N2O3/c20-15-14(13-9-5-2-6-10-13)16(21)19(17(22)18-15)11-12-7-3-1-4-8-12/h1-10,14-15,20H,11H2,(H,18,22). The Labute approximate surface area is 128 Å². The first-order valence-corrected chi connectivity index (χ1v) is 7.05. The van der Waals surface area contributed by atoms with E-state index >= 15 is 0 Å². The molecule has 0 spiro atoms. The molecule has 3 amide bonds. The maximum Gasteiger partial charge on any atom is 0.326 e. The lowest BCUT2D eigenvalue weighted by atomic mass is 9.94. The molecular weight excluding hydrogens is 280 g/mol. The first kappa shape index (κ1) is 14.3. The van der Waals surface area contributed by atoms with Gasteiger partial charge in [-0.05, 0) is 11.1 Å². The van der Waals surface area contributed by atoms with Crippen molar-refractivity contribution in [3.8, 4) is 0 Å². The van der Waals surface area contributed by atoms with Crippen LogP contribution in [-0.4, -0.2) is 28.2 Å². The van der Waals surface area contributed by atoms with Gasteiger partial charge in [0, 0.05) is 0 Å². The van der Waals surface area contributed by atoms with Crippen molar-refractivity contribution in [1.82, 2.24) is 10.2 Å². The Bertz CT molecular complexity index is 673. The van der Waals surface area contributed by atoms with Gasteiger partial charge in [-0.15, -0.1) is 0 Å². The van der Waals surface area contributed by atoms with Crippen LogP contribution in [0.4, 0.5) is 4.79 Å². The van der Waals surface area contributed by atoms with E-state index in [0.29, 0.717) is 5.56 Å². The molecule has 0 aliphatic carbocycles. The highest BCUT2D eigenvalue weighted by atomic mass is 16.3. The lowest BCUT2D eigenvalue weighted by Gasteiger charge is -2.35. The summed E-state index contributed by atoms with van der Waals surface area (Å²) in [4.78, 5) is 25.8. The summed E-state index contributed by atoms with van der Waals surface area (Å²) in [5.41, 5.74) is 1.53. The van der Waals surface area contributed by atoms with Crippen LogP contribution in [0.2, 0.25) is 0 Å². The van der Waals surface area contributed by atoms with E-state index in [9.17, 15) is 14.7 Å². The van der Waals surface area contributed by atoms with Gasteiger partial charge in [0.15, 0.2) is 0 Å². The molecular formula is C17H16N2O3. The summed E-state index contributed by atoms with van der Waals surface area (Å²) in [5.74, 6) is -1.19. The van der Waals surface area contributed by atoms with E-state index < -0.39 is 24.1 Å². The lowest BCUT2D eigenvalue weighted by Crippen LogP contribution is -2.58. The molecule has 1 heterocycles. The fraction of sp³-hybridized carbons (Fsp3) is 0.176. The second kappa shape index (κ2) is 5.99. The number of rotatable bonds is 3. The highest BCUT2D eigenvalue weighted by Crippen LogP contribution is 2.26. The van der Waals surface area contributed by atoms with Gasteiger partial charge >= 0.3 is 6.03 Å². The Morgan fingerprint density at radius 2 is 1.55 bits per heavy atom. The van der Waals surface area contributed by atoms with Crippen LogP contribution < -0.4 is 5.32 Å². The third-order valence-electron chi connectivity index (χ3n) is 3.71. The Kier molecular flexibility index (Phi) is 3.89. The van der Waals surface area contributed by atoms with Gasteiger partial charge in [0.2, 0.25) is 5.91 Å². The molecule has 2 atom stereocenters. The number of carbonyl (C=O) groups excluding carboxylic acids is 2. The van der Waals surface area contributed by atoms with Gasteiger partial charge in [0.1, 0.15) is 12.1 Å². The molecule has 1 aliphatic heterocycles. The van der Waals surface area contributed by atoms with E-state index in [0.717, 1.165) is 10.5 Å². The molecule has 2 unspecified atom stereocenters. The zero-order valence-electron chi connectivity index (χ0n) is 11.8. The summed E-state index contributed by atoms with van der Waals surface area (Å²) in [5, 5.41) is 12.5. The van der Waals surface area contributed by atoms with Crippen molar-refractivity contribution >= 4 is 11.9 Å². The summed E-state index contributed by atoms with van der Waals surface area (Å²) >= 11 is 0. The second-order valence-electron chi connectivity index (χ2n) is 5.19. The Hall–Kier alpha value is -2.66. The molecule has 1 fully saturated rings. The van der Waals surface area contributed by atoms with Crippen LogP contribution in [0.25, 0.3) is 0 Å². The first-order valence-electron chi connectivity index (χ1n) is 7.05. The molecule has 0 saturated carbocycles. The van der Waals surface area contributed by atoms with Gasteiger partial charge in [-0.2, -0.15) is 0 Å². The summed E-state index contributed by atoms with van der Waals surface area (Å²) in [6, 6.07) is 17.7. The quantitative estimate of drug-likeness (QED) is 0.908. The molecule has 0 aromatic heterocycles. The van der Waals surface area contributed by atoms with Crippen molar-refractivity contribution in [2.45, 2.75) is 18.7 Å². The molecule has 2 N–H and O–H groups in total. The van der Waals surface area contributed by atoms with Crippen LogP contribution >= 0.6 is 0 Å². The highest BCUT2D eigenvalue weighted by molar-refractivity contribution is 6.00. The van der Waals surface area contributed by atoms with E-state index in [2.05, 4.69) is 5.32 Å². The van der Waals surface area contributed by atoms with Gasteiger partial charge in [-0.1, -0.05) is 60.7 Å². The molecule has 0 radical (unpaired) electrons. The van der Waals surface area contributed by atoms with Crippen LogP contribution in [0.3, 0.4) is 0 Å². The summed E-state index contributed by atoms with van der Waals surface area (Å²) in [6.45, 7) is 0.182. The van der Waals surface area contributed by atoms with Crippen molar-refractivity contribution in [3.63, 3.8) is 0 Å². The molecule has 3 rings (SSSR count). The molecule has 5 nitrogen and oxygen atoms in total. The maximum absolute atomic E-state index is 12.7. The molecule has 2 aromatic carbocycles. The van der Waals surface area contributed by atoms with Crippen molar-refractivity contribution < 1.29 is 14.7 Å². The first-order chi connectivity index (χ1) is 10.7. The van der Waals surface area contributed by atoms with E-state index in [1.165, 1.54) is 0 Å². The minimum atomic E-state index is -1.21. The predicted molar refractivity (Wildman–Crippen MR) is 80.7 cm³/mol.